The van der Waals surface area contributed by atoms with Gasteiger partial charge < -0.3 is 9.47 Å². The van der Waals surface area contributed by atoms with Crippen molar-refractivity contribution in [1.29, 1.82) is 0 Å². The van der Waals surface area contributed by atoms with Crippen molar-refractivity contribution in [1.82, 2.24) is 0 Å². The maximum Gasteiger partial charge on any atom is 0.365 e. The molecular formula is C18H13FO4. The molecule has 0 amide bonds. The van der Waals surface area contributed by atoms with Gasteiger partial charge in [0.25, 0.3) is 5.60 Å². The Morgan fingerprint density at radius 1 is 1.09 bits per heavy atom. The van der Waals surface area contributed by atoms with Gasteiger partial charge in [-0.2, -0.15) is 0 Å². The van der Waals surface area contributed by atoms with E-state index in [9.17, 15) is 14.0 Å². The monoisotopic (exact) mass is 312 g/mol. The van der Waals surface area contributed by atoms with E-state index in [0.29, 0.717) is 16.9 Å². The highest BCUT2D eigenvalue weighted by Crippen LogP contribution is 2.36. The van der Waals surface area contributed by atoms with Gasteiger partial charge in [0.1, 0.15) is 11.6 Å². The Bertz CT molecular complexity index is 780. The number of hydrogen-bond donors (Lipinski definition) is 0. The summed E-state index contributed by atoms with van der Waals surface area (Å²) in [5, 5.41) is 0. The Morgan fingerprint density at radius 3 is 2.30 bits per heavy atom. The molecule has 116 valence electrons. The van der Waals surface area contributed by atoms with Crippen LogP contribution in [0.3, 0.4) is 0 Å². The van der Waals surface area contributed by atoms with Crippen LogP contribution in [0.25, 0.3) is 0 Å². The van der Waals surface area contributed by atoms with Crippen molar-refractivity contribution in [3.05, 3.63) is 77.6 Å². The number of benzene rings is 2. The average Bonchev–Trinajstić information content (AvgIpc) is 2.85. The fourth-order valence-electron chi connectivity index (χ4n) is 2.35. The van der Waals surface area contributed by atoms with Gasteiger partial charge >= 0.3 is 11.9 Å². The smallest absolute Gasteiger partial charge is 0.365 e. The topological polar surface area (TPSA) is 52.6 Å². The lowest BCUT2D eigenvalue weighted by Crippen LogP contribution is -2.38. The molecule has 5 heteroatoms. The van der Waals surface area contributed by atoms with Crippen molar-refractivity contribution in [3.63, 3.8) is 0 Å². The Balaban J connectivity index is 2.01. The summed E-state index contributed by atoms with van der Waals surface area (Å²) in [4.78, 5) is 24.5. The Hall–Kier alpha value is -2.95. The van der Waals surface area contributed by atoms with Gasteiger partial charge in [0.05, 0.1) is 0 Å². The van der Waals surface area contributed by atoms with E-state index in [-0.39, 0.29) is 0 Å². The standard InChI is InChI=1S/C18H13FO4/c1-12-11-18(23-16(12)20,13-7-9-14(19)10-8-13)17(21)22-15-5-3-2-4-6-15/h2-11H,1H3. The van der Waals surface area contributed by atoms with Crippen LogP contribution < -0.4 is 4.74 Å². The number of carbonyl (C=O) groups is 2. The number of rotatable bonds is 3. The molecule has 0 spiro atoms. The number of cyclic esters (lactones) is 1. The summed E-state index contributed by atoms with van der Waals surface area (Å²) >= 11 is 0. The van der Waals surface area contributed by atoms with Gasteiger partial charge in [0.15, 0.2) is 0 Å². The zero-order valence-corrected chi connectivity index (χ0v) is 12.3. The number of carbonyl (C=O) groups excluding carboxylic acids is 2. The number of ether oxygens (including phenoxy) is 2. The molecule has 0 bridgehead atoms. The predicted octanol–water partition coefficient (Wildman–Crippen LogP) is 3.13. The summed E-state index contributed by atoms with van der Waals surface area (Å²) in [6, 6.07) is 13.6. The first kappa shape index (κ1) is 15.0. The molecule has 4 nitrogen and oxygen atoms in total. The zero-order chi connectivity index (χ0) is 16.4. The second-order valence-electron chi connectivity index (χ2n) is 5.16. The summed E-state index contributed by atoms with van der Waals surface area (Å²) < 4.78 is 23.8. The van der Waals surface area contributed by atoms with E-state index in [1.807, 2.05) is 0 Å². The zero-order valence-electron chi connectivity index (χ0n) is 12.3. The van der Waals surface area contributed by atoms with Crippen LogP contribution in [0.15, 0.2) is 66.2 Å². The van der Waals surface area contributed by atoms with Crippen molar-refractivity contribution in [2.75, 3.05) is 0 Å². The van der Waals surface area contributed by atoms with Gasteiger partial charge in [-0.3, -0.25) is 0 Å². The molecule has 0 aromatic heterocycles. The number of halogens is 1. The maximum atomic E-state index is 13.2. The molecular weight excluding hydrogens is 299 g/mol. The SMILES string of the molecule is CC1=CC(C(=O)Oc2ccccc2)(c2ccc(F)cc2)OC1=O. The third kappa shape index (κ3) is 2.73. The van der Waals surface area contributed by atoms with Crippen LogP contribution in [0.2, 0.25) is 0 Å². The first-order chi connectivity index (χ1) is 11.0. The van der Waals surface area contributed by atoms with E-state index in [0.717, 1.165) is 0 Å². The van der Waals surface area contributed by atoms with Crippen molar-refractivity contribution in [2.24, 2.45) is 0 Å². The van der Waals surface area contributed by atoms with Gasteiger partial charge in [-0.05, 0) is 37.3 Å². The third-order valence-corrected chi connectivity index (χ3v) is 3.53. The van der Waals surface area contributed by atoms with Crippen LogP contribution in [0, 0.1) is 5.82 Å². The minimum absolute atomic E-state index is 0.291. The van der Waals surface area contributed by atoms with Gasteiger partial charge in [0, 0.05) is 11.1 Å². The summed E-state index contributed by atoms with van der Waals surface area (Å²) in [5.74, 6) is -1.50. The van der Waals surface area contributed by atoms with Gasteiger partial charge in [-0.15, -0.1) is 0 Å². The van der Waals surface area contributed by atoms with Gasteiger partial charge in [-0.1, -0.05) is 30.3 Å². The molecule has 1 aliphatic heterocycles. The molecule has 3 rings (SSSR count). The van der Waals surface area contributed by atoms with Crippen LogP contribution in [0.1, 0.15) is 12.5 Å². The largest absolute Gasteiger partial charge is 0.434 e. The highest BCUT2D eigenvalue weighted by atomic mass is 19.1. The Morgan fingerprint density at radius 2 is 1.74 bits per heavy atom. The lowest BCUT2D eigenvalue weighted by Gasteiger charge is -2.24. The van der Waals surface area contributed by atoms with E-state index in [2.05, 4.69) is 0 Å². The first-order valence-electron chi connectivity index (χ1n) is 6.97. The molecule has 0 radical (unpaired) electrons. The fourth-order valence-corrected chi connectivity index (χ4v) is 2.35. The molecule has 1 atom stereocenters. The second kappa shape index (κ2) is 5.68. The summed E-state index contributed by atoms with van der Waals surface area (Å²) in [6.45, 7) is 1.55. The van der Waals surface area contributed by atoms with E-state index < -0.39 is 23.4 Å². The number of esters is 2. The van der Waals surface area contributed by atoms with Crippen molar-refractivity contribution in [3.8, 4) is 5.75 Å². The highest BCUT2D eigenvalue weighted by Gasteiger charge is 2.49. The first-order valence-corrected chi connectivity index (χ1v) is 6.97. The molecule has 0 fully saturated rings. The predicted molar refractivity (Wildman–Crippen MR) is 80.0 cm³/mol. The average molecular weight is 312 g/mol. The summed E-state index contributed by atoms with van der Waals surface area (Å²) in [6.07, 6.45) is 1.40. The third-order valence-electron chi connectivity index (χ3n) is 3.53. The molecule has 0 aliphatic carbocycles. The number of para-hydroxylation sites is 1. The minimum atomic E-state index is -1.70. The molecule has 23 heavy (non-hydrogen) atoms. The summed E-state index contributed by atoms with van der Waals surface area (Å²) in [5.41, 5.74) is -1.09. The van der Waals surface area contributed by atoms with Crippen molar-refractivity contribution < 1.29 is 23.5 Å². The molecule has 1 heterocycles. The Labute approximate surface area is 132 Å². The fraction of sp³-hybridized carbons (Fsp3) is 0.111. The maximum absolute atomic E-state index is 13.2. The minimum Gasteiger partial charge on any atom is -0.434 e. The van der Waals surface area contributed by atoms with E-state index in [4.69, 9.17) is 9.47 Å². The van der Waals surface area contributed by atoms with E-state index in [1.54, 1.807) is 37.3 Å². The van der Waals surface area contributed by atoms with E-state index >= 15 is 0 Å². The number of hydrogen-bond acceptors (Lipinski definition) is 4. The molecule has 0 N–H and O–H groups in total. The van der Waals surface area contributed by atoms with Crippen molar-refractivity contribution in [2.45, 2.75) is 12.5 Å². The van der Waals surface area contributed by atoms with Gasteiger partial charge in [-0.25, -0.2) is 14.0 Å². The lowest BCUT2D eigenvalue weighted by atomic mass is 9.93. The molecule has 0 saturated heterocycles. The van der Waals surface area contributed by atoms with Crippen LogP contribution in [-0.2, 0) is 19.9 Å². The Kier molecular flexibility index (Phi) is 3.70. The molecule has 2 aromatic carbocycles. The lowest BCUT2D eigenvalue weighted by molar-refractivity contribution is -0.166. The van der Waals surface area contributed by atoms with Crippen LogP contribution >= 0.6 is 0 Å². The van der Waals surface area contributed by atoms with Gasteiger partial charge in [0.2, 0.25) is 0 Å². The van der Waals surface area contributed by atoms with Crippen LogP contribution in [0.4, 0.5) is 4.39 Å². The quantitative estimate of drug-likeness (QED) is 0.645. The molecule has 1 unspecified atom stereocenters. The van der Waals surface area contributed by atoms with Crippen LogP contribution in [-0.4, -0.2) is 11.9 Å². The second-order valence-corrected chi connectivity index (χ2v) is 5.16. The molecule has 1 aliphatic rings. The molecule has 0 saturated carbocycles. The van der Waals surface area contributed by atoms with Crippen LogP contribution in [0.5, 0.6) is 5.75 Å². The normalized spacial score (nSPS) is 19.9. The summed E-state index contributed by atoms with van der Waals surface area (Å²) in [7, 11) is 0. The van der Waals surface area contributed by atoms with E-state index in [1.165, 1.54) is 30.3 Å². The molecule has 2 aromatic rings. The van der Waals surface area contributed by atoms with Crippen molar-refractivity contribution >= 4 is 11.9 Å². The highest BCUT2D eigenvalue weighted by molar-refractivity contribution is 5.99.